The van der Waals surface area contributed by atoms with Gasteiger partial charge < -0.3 is 15.8 Å². The maximum absolute atomic E-state index is 10.6. The molecule has 0 fully saturated rings. The number of halogens is 3. The van der Waals surface area contributed by atoms with E-state index < -0.39 is 12.1 Å². The highest BCUT2D eigenvalue weighted by molar-refractivity contribution is 5.73. The van der Waals surface area contributed by atoms with Crippen LogP contribution in [0, 0.1) is 0 Å². The maximum atomic E-state index is 10.6. The third-order valence-corrected chi connectivity index (χ3v) is 2.44. The van der Waals surface area contributed by atoms with Crippen LogP contribution >= 0.6 is 0 Å². The second-order valence-corrected chi connectivity index (χ2v) is 3.82. The maximum Gasteiger partial charge on any atom is 0.490 e. The highest BCUT2D eigenvalue weighted by Crippen LogP contribution is 2.18. The molecule has 0 saturated heterocycles. The van der Waals surface area contributed by atoms with Gasteiger partial charge in [-0.1, -0.05) is 0 Å². The molecule has 8 heteroatoms. The smallest absolute Gasteiger partial charge is 0.475 e. The molecule has 2 rings (SSSR count). The summed E-state index contributed by atoms with van der Waals surface area (Å²) < 4.78 is 31.7. The molecule has 0 aromatic carbocycles. The number of aromatic amines is 1. The van der Waals surface area contributed by atoms with E-state index in [1.54, 1.807) is 0 Å². The van der Waals surface area contributed by atoms with Crippen molar-refractivity contribution in [1.82, 2.24) is 9.97 Å². The highest BCUT2D eigenvalue weighted by Gasteiger charge is 2.38. The van der Waals surface area contributed by atoms with Crippen LogP contribution in [-0.2, 0) is 24.2 Å². The first kappa shape index (κ1) is 14.5. The standard InChI is InChI=1S/C8H13N3.C2HF3O2/c9-5-8-10-6-3-1-2-4-7(6)11-8;3-2(4,5)1(6)7/h1-5,9H2,(H,10,11);(H,6,7). The summed E-state index contributed by atoms with van der Waals surface area (Å²) in [6, 6.07) is 0. The third-order valence-electron chi connectivity index (χ3n) is 2.44. The Balaban J connectivity index is 0.000000203. The van der Waals surface area contributed by atoms with Crippen molar-refractivity contribution in [3.05, 3.63) is 17.2 Å². The van der Waals surface area contributed by atoms with Crippen molar-refractivity contribution in [2.24, 2.45) is 5.73 Å². The zero-order valence-corrected chi connectivity index (χ0v) is 9.55. The number of imidazole rings is 1. The van der Waals surface area contributed by atoms with Crippen molar-refractivity contribution in [2.45, 2.75) is 38.4 Å². The monoisotopic (exact) mass is 265 g/mol. The molecule has 5 nitrogen and oxygen atoms in total. The zero-order valence-electron chi connectivity index (χ0n) is 9.55. The summed E-state index contributed by atoms with van der Waals surface area (Å²) >= 11 is 0. The largest absolute Gasteiger partial charge is 0.490 e. The van der Waals surface area contributed by atoms with E-state index in [1.807, 2.05) is 0 Å². The minimum atomic E-state index is -5.08. The van der Waals surface area contributed by atoms with Crippen molar-refractivity contribution in [3.8, 4) is 0 Å². The minimum absolute atomic E-state index is 0.535. The van der Waals surface area contributed by atoms with Crippen molar-refractivity contribution < 1.29 is 23.1 Å². The number of aromatic nitrogens is 2. The lowest BCUT2D eigenvalue weighted by molar-refractivity contribution is -0.192. The van der Waals surface area contributed by atoms with Gasteiger partial charge in [0.25, 0.3) is 0 Å². The lowest BCUT2D eigenvalue weighted by Crippen LogP contribution is -2.21. The van der Waals surface area contributed by atoms with E-state index in [1.165, 1.54) is 24.2 Å². The fourth-order valence-electron chi connectivity index (χ4n) is 1.61. The lowest BCUT2D eigenvalue weighted by Gasteiger charge is -2.07. The number of nitrogens with zero attached hydrogens (tertiary/aromatic N) is 1. The predicted octanol–water partition coefficient (Wildman–Crippen LogP) is 1.38. The van der Waals surface area contributed by atoms with Crippen LogP contribution in [0.2, 0.25) is 0 Å². The Morgan fingerprint density at radius 1 is 1.39 bits per heavy atom. The van der Waals surface area contributed by atoms with Gasteiger partial charge in [0.15, 0.2) is 0 Å². The molecule has 0 amide bonds. The van der Waals surface area contributed by atoms with Crippen LogP contribution in [-0.4, -0.2) is 27.2 Å². The number of carbonyl (C=O) groups is 1. The minimum Gasteiger partial charge on any atom is -0.475 e. The van der Waals surface area contributed by atoms with Crippen LogP contribution in [0.5, 0.6) is 0 Å². The summed E-state index contributed by atoms with van der Waals surface area (Å²) in [4.78, 5) is 16.5. The average molecular weight is 265 g/mol. The Morgan fingerprint density at radius 2 is 1.94 bits per heavy atom. The lowest BCUT2D eigenvalue weighted by atomic mass is 10.0. The van der Waals surface area contributed by atoms with Crippen LogP contribution in [0.3, 0.4) is 0 Å². The fourth-order valence-corrected chi connectivity index (χ4v) is 1.61. The molecule has 0 saturated carbocycles. The number of nitrogens with one attached hydrogen (secondary N) is 1. The Hall–Kier alpha value is -1.57. The molecule has 1 aromatic heterocycles. The summed E-state index contributed by atoms with van der Waals surface area (Å²) in [5.41, 5.74) is 8.03. The van der Waals surface area contributed by atoms with Gasteiger partial charge in [-0.25, -0.2) is 9.78 Å². The number of alkyl halides is 3. The van der Waals surface area contributed by atoms with E-state index in [-0.39, 0.29) is 0 Å². The van der Waals surface area contributed by atoms with E-state index >= 15 is 0 Å². The van der Waals surface area contributed by atoms with Crippen molar-refractivity contribution in [3.63, 3.8) is 0 Å². The Morgan fingerprint density at radius 3 is 2.39 bits per heavy atom. The quantitative estimate of drug-likeness (QED) is 0.715. The molecule has 0 unspecified atom stereocenters. The molecule has 1 aromatic rings. The first-order valence-electron chi connectivity index (χ1n) is 5.41. The molecule has 1 heterocycles. The highest BCUT2D eigenvalue weighted by atomic mass is 19.4. The summed E-state index contributed by atoms with van der Waals surface area (Å²) in [6.07, 6.45) is -0.227. The third kappa shape index (κ3) is 4.02. The first-order chi connectivity index (χ1) is 8.34. The average Bonchev–Trinajstić information content (AvgIpc) is 2.71. The number of aryl methyl sites for hydroxylation is 2. The number of carboxylic acids is 1. The van der Waals surface area contributed by atoms with Crippen LogP contribution in [0.4, 0.5) is 13.2 Å². The van der Waals surface area contributed by atoms with Crippen LogP contribution in [0.1, 0.15) is 30.1 Å². The number of H-pyrrole nitrogens is 1. The second-order valence-electron chi connectivity index (χ2n) is 3.82. The molecular formula is C10H14F3N3O2. The van der Waals surface area contributed by atoms with E-state index in [9.17, 15) is 13.2 Å². The molecule has 0 radical (unpaired) electrons. The SMILES string of the molecule is NCc1nc2c([nH]1)CCCC2.O=C(O)C(F)(F)F. The Labute approximate surface area is 101 Å². The number of rotatable bonds is 1. The van der Waals surface area contributed by atoms with Crippen LogP contribution < -0.4 is 5.73 Å². The molecule has 1 aliphatic rings. The van der Waals surface area contributed by atoms with Crippen LogP contribution in [0.15, 0.2) is 0 Å². The Kier molecular flexibility index (Phi) is 4.71. The van der Waals surface area contributed by atoms with Gasteiger partial charge in [-0.05, 0) is 25.7 Å². The molecule has 1 aliphatic carbocycles. The van der Waals surface area contributed by atoms with Crippen LogP contribution in [0.25, 0.3) is 0 Å². The number of hydrogen-bond donors (Lipinski definition) is 3. The van der Waals surface area contributed by atoms with E-state index in [4.69, 9.17) is 15.6 Å². The van der Waals surface area contributed by atoms with E-state index in [0.717, 1.165) is 18.7 Å². The van der Waals surface area contributed by atoms with Gasteiger partial charge in [0, 0.05) is 5.69 Å². The van der Waals surface area contributed by atoms with Gasteiger partial charge in [0.2, 0.25) is 0 Å². The number of nitrogens with two attached hydrogens (primary N) is 1. The predicted molar refractivity (Wildman–Crippen MR) is 56.8 cm³/mol. The number of fused-ring (bicyclic) bond motifs is 1. The van der Waals surface area contributed by atoms with Gasteiger partial charge in [-0.2, -0.15) is 13.2 Å². The topological polar surface area (TPSA) is 92.0 Å². The fraction of sp³-hybridized carbons (Fsp3) is 0.600. The zero-order chi connectivity index (χ0) is 13.8. The number of carboxylic acid groups (broad SMARTS) is 1. The molecule has 18 heavy (non-hydrogen) atoms. The van der Waals surface area contributed by atoms with Gasteiger partial charge >= 0.3 is 12.1 Å². The second kappa shape index (κ2) is 5.85. The van der Waals surface area contributed by atoms with Gasteiger partial charge in [0.1, 0.15) is 5.82 Å². The molecule has 4 N–H and O–H groups in total. The van der Waals surface area contributed by atoms with Gasteiger partial charge in [0.05, 0.1) is 12.2 Å². The molecule has 0 spiro atoms. The molecular weight excluding hydrogens is 251 g/mol. The molecule has 0 bridgehead atoms. The Bertz CT molecular complexity index is 391. The van der Waals surface area contributed by atoms with Gasteiger partial charge in [-0.3, -0.25) is 0 Å². The number of hydrogen-bond acceptors (Lipinski definition) is 3. The summed E-state index contributed by atoms with van der Waals surface area (Å²) in [7, 11) is 0. The summed E-state index contributed by atoms with van der Waals surface area (Å²) in [6.45, 7) is 0.535. The summed E-state index contributed by atoms with van der Waals surface area (Å²) in [5, 5.41) is 7.12. The molecule has 102 valence electrons. The van der Waals surface area contributed by atoms with Gasteiger partial charge in [-0.15, -0.1) is 0 Å². The van der Waals surface area contributed by atoms with E-state index in [0.29, 0.717) is 6.54 Å². The normalized spacial score (nSPS) is 14.4. The summed E-state index contributed by atoms with van der Waals surface area (Å²) in [5.74, 6) is -1.82. The van der Waals surface area contributed by atoms with Crippen molar-refractivity contribution in [1.29, 1.82) is 0 Å². The van der Waals surface area contributed by atoms with E-state index in [2.05, 4.69) is 9.97 Å². The molecule has 0 atom stereocenters. The van der Waals surface area contributed by atoms with Crippen molar-refractivity contribution >= 4 is 5.97 Å². The molecule has 0 aliphatic heterocycles. The van der Waals surface area contributed by atoms with Crippen molar-refractivity contribution in [2.75, 3.05) is 0 Å². The number of aliphatic carboxylic acids is 1. The first-order valence-corrected chi connectivity index (χ1v) is 5.41.